The first-order chi connectivity index (χ1) is 14.7. The van der Waals surface area contributed by atoms with E-state index in [1.807, 2.05) is 6.92 Å². The highest BCUT2D eigenvalue weighted by Gasteiger charge is 2.47. The van der Waals surface area contributed by atoms with Crippen molar-refractivity contribution in [2.24, 2.45) is 0 Å². The number of Topliss-reactive ketones (excluding diaryl/α,β-unsaturated/α-hetero) is 1. The second kappa shape index (κ2) is 8.12. The van der Waals surface area contributed by atoms with E-state index in [0.29, 0.717) is 12.0 Å². The van der Waals surface area contributed by atoms with Gasteiger partial charge in [0.1, 0.15) is 28.5 Å². The molecule has 0 saturated heterocycles. The third kappa shape index (κ3) is 4.50. The molecular weight excluding hydrogens is 445 g/mol. The summed E-state index contributed by atoms with van der Waals surface area (Å²) in [4.78, 5) is 13.2. The first kappa shape index (κ1) is 24.1. The van der Waals surface area contributed by atoms with Crippen LogP contribution in [-0.4, -0.2) is 22.1 Å². The van der Waals surface area contributed by atoms with Crippen molar-refractivity contribution in [2.45, 2.75) is 58.4 Å². The van der Waals surface area contributed by atoms with E-state index in [1.165, 1.54) is 6.07 Å². The molecule has 0 saturated carbocycles. The molecule has 2 aromatic rings. The summed E-state index contributed by atoms with van der Waals surface area (Å²) in [5.41, 5.74) is -1.96. The lowest BCUT2D eigenvalue weighted by atomic mass is 9.81. The van der Waals surface area contributed by atoms with Gasteiger partial charge in [0.2, 0.25) is 0 Å². The first-order valence-electron chi connectivity index (χ1n) is 10.0. The van der Waals surface area contributed by atoms with Crippen molar-refractivity contribution in [3.05, 3.63) is 63.9 Å². The minimum absolute atomic E-state index is 0.0610. The number of aliphatic hydroxyl groups is 1. The second-order valence-corrected chi connectivity index (χ2v) is 9.00. The average molecular weight is 469 g/mol. The molecule has 1 heterocycles. The summed E-state index contributed by atoms with van der Waals surface area (Å²) in [5, 5.41) is 10.4. The van der Waals surface area contributed by atoms with Crippen molar-refractivity contribution >= 4 is 23.0 Å². The molecule has 0 atom stereocenters. The molecule has 0 fully saturated rings. The van der Waals surface area contributed by atoms with Crippen LogP contribution >= 0.6 is 11.6 Å². The molecule has 0 unspecified atom stereocenters. The van der Waals surface area contributed by atoms with Crippen LogP contribution in [0.15, 0.2) is 42.2 Å². The smallest absolute Gasteiger partial charge is 0.417 e. The zero-order valence-corrected chi connectivity index (χ0v) is 19.1. The van der Waals surface area contributed by atoms with E-state index in [2.05, 4.69) is 0 Å². The summed E-state index contributed by atoms with van der Waals surface area (Å²) < 4.78 is 51.0. The van der Waals surface area contributed by atoms with E-state index in [-0.39, 0.29) is 22.8 Å². The average Bonchev–Trinajstić information content (AvgIpc) is 2.67. The van der Waals surface area contributed by atoms with Crippen molar-refractivity contribution < 1.29 is 32.5 Å². The maximum Gasteiger partial charge on any atom is 0.417 e. The molecule has 172 valence electrons. The Bertz CT molecular complexity index is 1100. The van der Waals surface area contributed by atoms with Crippen LogP contribution in [0.5, 0.6) is 11.5 Å². The van der Waals surface area contributed by atoms with E-state index < -0.39 is 33.7 Å². The summed E-state index contributed by atoms with van der Waals surface area (Å²) in [6.45, 7) is 8.47. The largest absolute Gasteiger partial charge is 0.508 e. The van der Waals surface area contributed by atoms with Crippen molar-refractivity contribution in [3.63, 3.8) is 0 Å². The minimum atomic E-state index is -4.63. The van der Waals surface area contributed by atoms with Gasteiger partial charge in [0.15, 0.2) is 5.78 Å². The normalized spacial score (nSPS) is 18.1. The van der Waals surface area contributed by atoms with Crippen LogP contribution in [0.2, 0.25) is 5.02 Å². The molecular formula is C24H24ClF3O4. The van der Waals surface area contributed by atoms with E-state index >= 15 is 0 Å². The number of ether oxygens (including phenoxy) is 2. The Kier molecular flexibility index (Phi) is 6.13. The molecule has 0 bridgehead atoms. The number of hydrogen-bond donors (Lipinski definition) is 1. The molecule has 2 aromatic carbocycles. The number of aliphatic hydroxyl groups excluding tert-OH is 1. The highest BCUT2D eigenvalue weighted by atomic mass is 35.5. The van der Waals surface area contributed by atoms with Crippen LogP contribution in [-0.2, 0) is 22.1 Å². The van der Waals surface area contributed by atoms with Crippen LogP contribution in [0, 0.1) is 0 Å². The number of halogens is 4. The maximum absolute atomic E-state index is 13.2. The Morgan fingerprint density at radius 3 is 2.22 bits per heavy atom. The highest BCUT2D eigenvalue weighted by Crippen LogP contribution is 2.42. The van der Waals surface area contributed by atoms with Gasteiger partial charge in [0.25, 0.3) is 0 Å². The molecule has 0 aromatic heterocycles. The van der Waals surface area contributed by atoms with Crippen LogP contribution in [0.25, 0.3) is 5.57 Å². The summed E-state index contributed by atoms with van der Waals surface area (Å²) in [6.07, 6.45) is -4.07. The molecule has 0 aliphatic carbocycles. The summed E-state index contributed by atoms with van der Waals surface area (Å²) in [5.74, 6) is -0.455. The molecule has 0 spiro atoms. The van der Waals surface area contributed by atoms with Crippen molar-refractivity contribution in [1.29, 1.82) is 0 Å². The van der Waals surface area contributed by atoms with Gasteiger partial charge >= 0.3 is 6.18 Å². The Morgan fingerprint density at radius 2 is 1.62 bits per heavy atom. The lowest BCUT2D eigenvalue weighted by Gasteiger charge is -2.40. The van der Waals surface area contributed by atoms with Gasteiger partial charge in [0, 0.05) is 0 Å². The molecule has 4 nitrogen and oxygen atoms in total. The van der Waals surface area contributed by atoms with E-state index in [4.69, 9.17) is 21.1 Å². The number of benzene rings is 2. The number of ketones is 1. The van der Waals surface area contributed by atoms with Crippen LogP contribution in [0.1, 0.15) is 51.3 Å². The van der Waals surface area contributed by atoms with Gasteiger partial charge in [0.05, 0.1) is 16.2 Å². The molecule has 3 rings (SSSR count). The quantitative estimate of drug-likeness (QED) is 0.518. The predicted octanol–water partition coefficient (Wildman–Crippen LogP) is 7.14. The van der Waals surface area contributed by atoms with Gasteiger partial charge in [-0.05, 0) is 75.6 Å². The van der Waals surface area contributed by atoms with E-state index in [1.54, 1.807) is 45.9 Å². The van der Waals surface area contributed by atoms with Crippen LogP contribution in [0.4, 0.5) is 13.2 Å². The SMILES string of the molecule is CCc1ccc(Oc2ccc(Cl)c(C(F)(F)F)c2)cc1C1=C(O)C(C)(C)OC(C)(C)C1=O. The summed E-state index contributed by atoms with van der Waals surface area (Å²) >= 11 is 5.68. The van der Waals surface area contributed by atoms with Gasteiger partial charge in [-0.1, -0.05) is 24.6 Å². The molecule has 1 N–H and O–H groups in total. The third-order valence-electron chi connectivity index (χ3n) is 5.30. The number of alkyl halides is 3. The monoisotopic (exact) mass is 468 g/mol. The number of carbonyl (C=O) groups is 1. The first-order valence-corrected chi connectivity index (χ1v) is 10.4. The molecule has 1 aliphatic rings. The number of rotatable bonds is 4. The number of carbonyl (C=O) groups excluding carboxylic acids is 1. The summed E-state index contributed by atoms with van der Waals surface area (Å²) in [7, 11) is 0. The lowest BCUT2D eigenvalue weighted by Crippen LogP contribution is -2.49. The van der Waals surface area contributed by atoms with Gasteiger partial charge in [-0.3, -0.25) is 4.79 Å². The standard InChI is InChI=1S/C24H24ClF3O4/c1-6-13-7-8-14(31-15-9-10-18(25)17(12-15)24(26,27)28)11-16(13)19-20(29)22(2,3)32-23(4,5)21(19)30/h7-12,29H,6H2,1-5H3. The topological polar surface area (TPSA) is 55.8 Å². The highest BCUT2D eigenvalue weighted by molar-refractivity contribution is 6.31. The van der Waals surface area contributed by atoms with E-state index in [9.17, 15) is 23.1 Å². The van der Waals surface area contributed by atoms with E-state index in [0.717, 1.165) is 17.7 Å². The Labute approximate surface area is 189 Å². The molecule has 0 amide bonds. The van der Waals surface area contributed by atoms with Crippen molar-refractivity contribution in [1.82, 2.24) is 0 Å². The van der Waals surface area contributed by atoms with Crippen LogP contribution < -0.4 is 4.74 Å². The predicted molar refractivity (Wildman–Crippen MR) is 116 cm³/mol. The van der Waals surface area contributed by atoms with Crippen LogP contribution in [0.3, 0.4) is 0 Å². The fourth-order valence-corrected chi connectivity index (χ4v) is 4.00. The fourth-order valence-electron chi connectivity index (χ4n) is 3.77. The Balaban J connectivity index is 2.11. The number of hydrogen-bond acceptors (Lipinski definition) is 4. The molecule has 32 heavy (non-hydrogen) atoms. The molecule has 1 aliphatic heterocycles. The van der Waals surface area contributed by atoms with Gasteiger partial charge in [-0.25, -0.2) is 0 Å². The zero-order chi connectivity index (χ0) is 24.1. The Morgan fingerprint density at radius 1 is 1.03 bits per heavy atom. The zero-order valence-electron chi connectivity index (χ0n) is 18.4. The van der Waals surface area contributed by atoms with Gasteiger partial charge < -0.3 is 14.6 Å². The second-order valence-electron chi connectivity index (χ2n) is 8.59. The number of aryl methyl sites for hydroxylation is 1. The lowest BCUT2D eigenvalue weighted by molar-refractivity contribution is -0.158. The van der Waals surface area contributed by atoms with Gasteiger partial charge in [-0.15, -0.1) is 0 Å². The van der Waals surface area contributed by atoms with Crippen molar-refractivity contribution in [2.75, 3.05) is 0 Å². The van der Waals surface area contributed by atoms with Crippen molar-refractivity contribution in [3.8, 4) is 11.5 Å². The molecule has 8 heteroatoms. The molecule has 0 radical (unpaired) electrons. The Hall–Kier alpha value is -2.51. The van der Waals surface area contributed by atoms with Gasteiger partial charge in [-0.2, -0.15) is 13.2 Å². The fraction of sp³-hybridized carbons (Fsp3) is 0.375. The maximum atomic E-state index is 13.2. The minimum Gasteiger partial charge on any atom is -0.508 e. The third-order valence-corrected chi connectivity index (χ3v) is 5.63. The summed E-state index contributed by atoms with van der Waals surface area (Å²) in [6, 6.07) is 8.12.